The van der Waals surface area contributed by atoms with E-state index in [4.69, 9.17) is 0 Å². The van der Waals surface area contributed by atoms with Gasteiger partial charge < -0.3 is 4.90 Å². The third-order valence-corrected chi connectivity index (χ3v) is 5.05. The number of fused-ring (bicyclic) bond motifs is 1. The van der Waals surface area contributed by atoms with E-state index in [0.29, 0.717) is 18.0 Å². The molecule has 2 heterocycles. The lowest BCUT2D eigenvalue weighted by molar-refractivity contribution is 0.176. The predicted octanol–water partition coefficient (Wildman–Crippen LogP) is 3.44. The average molecular weight is 276 g/mol. The molecule has 0 amide bonds. The molecule has 0 N–H and O–H groups in total. The van der Waals surface area contributed by atoms with E-state index in [1.54, 1.807) is 6.07 Å². The van der Waals surface area contributed by atoms with Gasteiger partial charge in [-0.3, -0.25) is 4.90 Å². The summed E-state index contributed by atoms with van der Waals surface area (Å²) in [6.45, 7) is 9.88. The monoisotopic (exact) mass is 276 g/mol. The van der Waals surface area contributed by atoms with Crippen LogP contribution in [0.3, 0.4) is 0 Å². The highest BCUT2D eigenvalue weighted by Gasteiger charge is 2.38. The first kappa shape index (κ1) is 13.9. The van der Waals surface area contributed by atoms with E-state index in [2.05, 4.69) is 29.7 Å². The van der Waals surface area contributed by atoms with Crippen LogP contribution in [0, 0.1) is 18.7 Å². The van der Waals surface area contributed by atoms with Crippen molar-refractivity contribution in [3.05, 3.63) is 29.6 Å². The lowest BCUT2D eigenvalue weighted by Gasteiger charge is -2.47. The minimum absolute atomic E-state index is 0.0844. The molecule has 0 bridgehead atoms. The third-order valence-electron chi connectivity index (χ3n) is 5.05. The second-order valence-corrected chi connectivity index (χ2v) is 6.64. The SMILES string of the molecule is Cc1c(F)cccc1N1CC2CCCN2CC1C(C)C. The molecule has 20 heavy (non-hydrogen) atoms. The molecule has 3 rings (SSSR count). The van der Waals surface area contributed by atoms with Crippen LogP contribution in [0.4, 0.5) is 10.1 Å². The van der Waals surface area contributed by atoms with Crippen molar-refractivity contribution in [2.75, 3.05) is 24.5 Å². The van der Waals surface area contributed by atoms with Gasteiger partial charge in [-0.05, 0) is 44.4 Å². The number of nitrogens with zero attached hydrogens (tertiary/aromatic N) is 2. The predicted molar refractivity (Wildman–Crippen MR) is 81.7 cm³/mol. The van der Waals surface area contributed by atoms with Gasteiger partial charge in [0, 0.05) is 36.4 Å². The largest absolute Gasteiger partial charge is 0.365 e. The van der Waals surface area contributed by atoms with Gasteiger partial charge in [0.1, 0.15) is 5.82 Å². The molecule has 1 aromatic carbocycles. The summed E-state index contributed by atoms with van der Waals surface area (Å²) >= 11 is 0. The maximum atomic E-state index is 13.9. The fraction of sp³-hybridized carbons (Fsp3) is 0.647. The topological polar surface area (TPSA) is 6.48 Å². The van der Waals surface area contributed by atoms with Gasteiger partial charge in [-0.2, -0.15) is 0 Å². The molecule has 0 aromatic heterocycles. The smallest absolute Gasteiger partial charge is 0.128 e. The van der Waals surface area contributed by atoms with Crippen LogP contribution in [-0.2, 0) is 0 Å². The summed E-state index contributed by atoms with van der Waals surface area (Å²) in [5, 5.41) is 0. The number of hydrogen-bond donors (Lipinski definition) is 0. The van der Waals surface area contributed by atoms with Crippen molar-refractivity contribution in [1.82, 2.24) is 4.90 Å². The van der Waals surface area contributed by atoms with Gasteiger partial charge in [0.05, 0.1) is 0 Å². The summed E-state index contributed by atoms with van der Waals surface area (Å²) in [6, 6.07) is 6.64. The van der Waals surface area contributed by atoms with Crippen LogP contribution in [0.2, 0.25) is 0 Å². The van der Waals surface area contributed by atoms with Gasteiger partial charge in [-0.25, -0.2) is 4.39 Å². The second kappa shape index (κ2) is 5.36. The van der Waals surface area contributed by atoms with Gasteiger partial charge in [0.2, 0.25) is 0 Å². The number of piperazine rings is 1. The highest BCUT2D eigenvalue weighted by Crippen LogP contribution is 2.33. The molecule has 2 atom stereocenters. The number of hydrogen-bond acceptors (Lipinski definition) is 2. The minimum atomic E-state index is -0.0844. The lowest BCUT2D eigenvalue weighted by atomic mass is 9.95. The van der Waals surface area contributed by atoms with Gasteiger partial charge in [-0.15, -0.1) is 0 Å². The Morgan fingerprint density at radius 2 is 2.05 bits per heavy atom. The number of rotatable bonds is 2. The Labute approximate surface area is 121 Å². The lowest BCUT2D eigenvalue weighted by Crippen LogP contribution is -2.58. The van der Waals surface area contributed by atoms with Crippen LogP contribution >= 0.6 is 0 Å². The molecule has 2 unspecified atom stereocenters. The molecular weight excluding hydrogens is 251 g/mol. The standard InChI is InChI=1S/C17H25FN2/c1-12(2)17-11-19-9-5-6-14(19)10-20(17)16-8-4-7-15(18)13(16)3/h4,7-8,12,14,17H,5-6,9-11H2,1-3H3. The number of benzene rings is 1. The fourth-order valence-electron chi connectivity index (χ4n) is 3.80. The first-order valence-corrected chi connectivity index (χ1v) is 7.83. The molecule has 2 fully saturated rings. The summed E-state index contributed by atoms with van der Waals surface area (Å²) in [7, 11) is 0. The average Bonchev–Trinajstić information content (AvgIpc) is 2.87. The third kappa shape index (κ3) is 2.32. The molecule has 2 aliphatic rings. The summed E-state index contributed by atoms with van der Waals surface area (Å²) in [5.74, 6) is 0.498. The molecule has 0 radical (unpaired) electrons. The van der Waals surface area contributed by atoms with E-state index < -0.39 is 0 Å². The summed E-state index contributed by atoms with van der Waals surface area (Å²) in [4.78, 5) is 5.10. The van der Waals surface area contributed by atoms with E-state index in [-0.39, 0.29) is 5.82 Å². The van der Waals surface area contributed by atoms with Gasteiger partial charge in [0.15, 0.2) is 0 Å². The normalized spacial score (nSPS) is 27.1. The van der Waals surface area contributed by atoms with E-state index in [1.807, 2.05) is 13.0 Å². The van der Waals surface area contributed by atoms with E-state index in [9.17, 15) is 4.39 Å². The van der Waals surface area contributed by atoms with Gasteiger partial charge in [0.25, 0.3) is 0 Å². The van der Waals surface area contributed by atoms with Crippen molar-refractivity contribution in [3.8, 4) is 0 Å². The van der Waals surface area contributed by atoms with Crippen molar-refractivity contribution >= 4 is 5.69 Å². The molecule has 0 saturated carbocycles. The van der Waals surface area contributed by atoms with Crippen molar-refractivity contribution in [1.29, 1.82) is 0 Å². The van der Waals surface area contributed by atoms with Crippen LogP contribution in [-0.4, -0.2) is 36.6 Å². The molecule has 2 nitrogen and oxygen atoms in total. The number of halogens is 1. The quantitative estimate of drug-likeness (QED) is 0.816. The molecule has 0 aliphatic carbocycles. The zero-order chi connectivity index (χ0) is 14.3. The highest BCUT2D eigenvalue weighted by atomic mass is 19.1. The maximum absolute atomic E-state index is 13.9. The Bertz CT molecular complexity index is 486. The summed E-state index contributed by atoms with van der Waals surface area (Å²) in [6.07, 6.45) is 2.60. The molecule has 0 spiro atoms. The number of anilines is 1. The van der Waals surface area contributed by atoms with Crippen LogP contribution in [0.5, 0.6) is 0 Å². The van der Waals surface area contributed by atoms with E-state index in [0.717, 1.165) is 24.3 Å². The molecule has 1 aromatic rings. The fourth-order valence-corrected chi connectivity index (χ4v) is 3.80. The van der Waals surface area contributed by atoms with Crippen LogP contribution in [0.1, 0.15) is 32.3 Å². The Hall–Kier alpha value is -1.09. The van der Waals surface area contributed by atoms with Crippen LogP contribution < -0.4 is 4.90 Å². The Morgan fingerprint density at radius 3 is 2.80 bits per heavy atom. The van der Waals surface area contributed by atoms with Gasteiger partial charge >= 0.3 is 0 Å². The second-order valence-electron chi connectivity index (χ2n) is 6.64. The first-order valence-electron chi connectivity index (χ1n) is 7.83. The first-order chi connectivity index (χ1) is 9.58. The van der Waals surface area contributed by atoms with Crippen molar-refractivity contribution in [3.63, 3.8) is 0 Å². The molecule has 2 saturated heterocycles. The van der Waals surface area contributed by atoms with Crippen molar-refractivity contribution in [2.45, 2.75) is 45.7 Å². The van der Waals surface area contributed by atoms with Crippen LogP contribution in [0.25, 0.3) is 0 Å². The zero-order valence-electron chi connectivity index (χ0n) is 12.8. The molecule has 3 heteroatoms. The van der Waals surface area contributed by atoms with Crippen molar-refractivity contribution in [2.24, 2.45) is 5.92 Å². The minimum Gasteiger partial charge on any atom is -0.365 e. The Kier molecular flexibility index (Phi) is 3.72. The Morgan fingerprint density at radius 1 is 1.25 bits per heavy atom. The Balaban J connectivity index is 1.94. The highest BCUT2D eigenvalue weighted by molar-refractivity contribution is 5.55. The molecule has 2 aliphatic heterocycles. The maximum Gasteiger partial charge on any atom is 0.128 e. The summed E-state index contributed by atoms with van der Waals surface area (Å²) < 4.78 is 13.9. The van der Waals surface area contributed by atoms with E-state index in [1.165, 1.54) is 19.4 Å². The summed E-state index contributed by atoms with van der Waals surface area (Å²) in [5.41, 5.74) is 1.89. The zero-order valence-corrected chi connectivity index (χ0v) is 12.8. The van der Waals surface area contributed by atoms with Crippen molar-refractivity contribution < 1.29 is 4.39 Å². The van der Waals surface area contributed by atoms with Crippen LogP contribution in [0.15, 0.2) is 18.2 Å². The van der Waals surface area contributed by atoms with E-state index >= 15 is 0 Å². The van der Waals surface area contributed by atoms with Gasteiger partial charge in [-0.1, -0.05) is 19.9 Å². The molecule has 110 valence electrons. The molecular formula is C17H25FN2.